The molecule has 0 atom stereocenters. The summed E-state index contributed by atoms with van der Waals surface area (Å²) in [5.74, 6) is 0.325. The summed E-state index contributed by atoms with van der Waals surface area (Å²) >= 11 is 7.14. The van der Waals surface area contributed by atoms with E-state index in [2.05, 4.69) is 15.5 Å². The van der Waals surface area contributed by atoms with Gasteiger partial charge in [-0.1, -0.05) is 35.1 Å². The maximum atomic E-state index is 13.1. The van der Waals surface area contributed by atoms with E-state index in [-0.39, 0.29) is 4.90 Å². The molecule has 0 saturated carbocycles. The summed E-state index contributed by atoms with van der Waals surface area (Å²) < 4.78 is 37.8. The predicted octanol–water partition coefficient (Wildman–Crippen LogP) is 4.95. The first-order valence-electron chi connectivity index (χ1n) is 10.4. The summed E-state index contributed by atoms with van der Waals surface area (Å²) in [4.78, 5) is 12.7. The molecule has 4 aromatic rings. The van der Waals surface area contributed by atoms with Crippen molar-refractivity contribution in [3.8, 4) is 22.1 Å². The fourth-order valence-electron chi connectivity index (χ4n) is 3.25. The van der Waals surface area contributed by atoms with Crippen LogP contribution in [0.1, 0.15) is 10.4 Å². The third-order valence-corrected chi connectivity index (χ3v) is 8.16. The lowest BCUT2D eigenvalue weighted by atomic mass is 10.2. The number of methoxy groups -OCH3 is 2. The quantitative estimate of drug-likeness (QED) is 0.334. The Hall–Kier alpha value is -3.67. The Balaban J connectivity index is 1.47. The molecule has 1 aromatic heterocycles. The molecule has 4 rings (SSSR count). The molecule has 0 unspecified atom stereocenters. The predicted molar refractivity (Wildman–Crippen MR) is 140 cm³/mol. The zero-order valence-corrected chi connectivity index (χ0v) is 21.8. The number of sulfonamides is 1. The van der Waals surface area contributed by atoms with Gasteiger partial charge in [-0.15, -0.1) is 10.2 Å². The molecule has 0 aliphatic carbocycles. The van der Waals surface area contributed by atoms with E-state index < -0.39 is 15.9 Å². The average molecular weight is 545 g/mol. The number of hydrogen-bond donors (Lipinski definition) is 1. The fourth-order valence-corrected chi connectivity index (χ4v) is 5.33. The monoisotopic (exact) mass is 544 g/mol. The second-order valence-corrected chi connectivity index (χ2v) is 10.8. The summed E-state index contributed by atoms with van der Waals surface area (Å²) in [6.45, 7) is 0. The van der Waals surface area contributed by atoms with E-state index in [1.165, 1.54) is 62.9 Å². The highest BCUT2D eigenvalue weighted by molar-refractivity contribution is 7.92. The molecule has 0 saturated heterocycles. The zero-order chi connectivity index (χ0) is 25.9. The minimum absolute atomic E-state index is 0.0391. The van der Waals surface area contributed by atoms with E-state index in [1.807, 2.05) is 12.1 Å². The number of hydrogen-bond acceptors (Lipinski definition) is 8. The van der Waals surface area contributed by atoms with E-state index in [9.17, 15) is 13.2 Å². The number of benzene rings is 3. The molecule has 1 amide bonds. The number of ether oxygens (including phenoxy) is 2. The van der Waals surface area contributed by atoms with Crippen molar-refractivity contribution in [2.24, 2.45) is 0 Å². The first-order valence-corrected chi connectivity index (χ1v) is 13.1. The zero-order valence-electron chi connectivity index (χ0n) is 19.4. The van der Waals surface area contributed by atoms with Crippen LogP contribution < -0.4 is 19.1 Å². The van der Waals surface area contributed by atoms with Crippen LogP contribution >= 0.6 is 22.9 Å². The van der Waals surface area contributed by atoms with E-state index in [4.69, 9.17) is 21.1 Å². The molecule has 0 fully saturated rings. The van der Waals surface area contributed by atoms with E-state index in [1.54, 1.807) is 24.3 Å². The molecule has 12 heteroatoms. The largest absolute Gasteiger partial charge is 0.493 e. The molecular formula is C24H21ClN4O5S2. The topological polar surface area (TPSA) is 111 Å². The standard InChI is InChI=1S/C24H21ClN4O5S2/c1-29(36(31,32)19-12-13-20(33-2)21(14-19)34-3)18-10-6-15(7-11-18)22(30)26-24-28-27-23(35-24)16-4-8-17(25)9-5-16/h4-14H,1-3H3,(H,26,28,30). The molecule has 0 aliphatic heterocycles. The smallest absolute Gasteiger partial charge is 0.264 e. The van der Waals surface area contributed by atoms with Gasteiger partial charge < -0.3 is 9.47 Å². The van der Waals surface area contributed by atoms with Gasteiger partial charge in [0.1, 0.15) is 5.01 Å². The van der Waals surface area contributed by atoms with Crippen molar-refractivity contribution in [3.63, 3.8) is 0 Å². The minimum atomic E-state index is -3.89. The third-order valence-electron chi connectivity index (χ3n) is 5.24. The van der Waals surface area contributed by atoms with Gasteiger partial charge in [0, 0.05) is 29.3 Å². The van der Waals surface area contributed by atoms with Crippen molar-refractivity contribution in [2.75, 3.05) is 30.9 Å². The van der Waals surface area contributed by atoms with Crippen LogP contribution in [0.2, 0.25) is 5.02 Å². The van der Waals surface area contributed by atoms with Gasteiger partial charge in [0.15, 0.2) is 11.5 Å². The minimum Gasteiger partial charge on any atom is -0.493 e. The molecule has 1 heterocycles. The highest BCUT2D eigenvalue weighted by Gasteiger charge is 2.23. The average Bonchev–Trinajstić information content (AvgIpc) is 3.36. The Kier molecular flexibility index (Phi) is 7.43. The molecule has 0 bridgehead atoms. The second kappa shape index (κ2) is 10.5. The van der Waals surface area contributed by atoms with Crippen molar-refractivity contribution in [2.45, 2.75) is 4.90 Å². The van der Waals surface area contributed by atoms with Gasteiger partial charge >= 0.3 is 0 Å². The SMILES string of the molecule is COc1ccc(S(=O)(=O)N(C)c2ccc(C(=O)Nc3nnc(-c4ccc(Cl)cc4)s3)cc2)cc1OC. The normalized spacial score (nSPS) is 11.1. The molecule has 9 nitrogen and oxygen atoms in total. The highest BCUT2D eigenvalue weighted by Crippen LogP contribution is 2.32. The number of carbonyl (C=O) groups is 1. The third kappa shape index (κ3) is 5.27. The number of amides is 1. The lowest BCUT2D eigenvalue weighted by molar-refractivity contribution is 0.102. The maximum Gasteiger partial charge on any atom is 0.264 e. The van der Waals surface area contributed by atoms with Crippen molar-refractivity contribution >= 4 is 49.7 Å². The van der Waals surface area contributed by atoms with Crippen LogP contribution in [0.5, 0.6) is 11.5 Å². The summed E-state index contributed by atoms with van der Waals surface area (Å²) in [7, 11) is 0.450. The van der Waals surface area contributed by atoms with Crippen LogP contribution in [-0.2, 0) is 10.0 Å². The number of nitrogens with one attached hydrogen (secondary N) is 1. The first-order chi connectivity index (χ1) is 17.2. The number of nitrogens with zero attached hydrogens (tertiary/aromatic N) is 3. The number of anilines is 2. The summed E-state index contributed by atoms with van der Waals surface area (Å²) in [5.41, 5.74) is 1.54. The van der Waals surface area contributed by atoms with Gasteiger partial charge in [0.05, 0.1) is 24.8 Å². The van der Waals surface area contributed by atoms with Gasteiger partial charge in [-0.25, -0.2) is 8.42 Å². The van der Waals surface area contributed by atoms with Gasteiger partial charge in [-0.3, -0.25) is 14.4 Å². The van der Waals surface area contributed by atoms with Gasteiger partial charge in [-0.05, 0) is 48.5 Å². The molecule has 36 heavy (non-hydrogen) atoms. The van der Waals surface area contributed by atoms with Crippen molar-refractivity contribution in [3.05, 3.63) is 77.3 Å². The summed E-state index contributed by atoms with van der Waals surface area (Å²) in [6, 6.07) is 17.7. The van der Waals surface area contributed by atoms with E-state index in [0.29, 0.717) is 37.9 Å². The molecule has 3 aromatic carbocycles. The number of halogens is 1. The summed E-state index contributed by atoms with van der Waals surface area (Å²) in [5, 5.41) is 12.4. The Labute approximate surface area is 217 Å². The molecule has 0 spiro atoms. The Morgan fingerprint density at radius 2 is 1.61 bits per heavy atom. The Morgan fingerprint density at radius 3 is 2.25 bits per heavy atom. The van der Waals surface area contributed by atoms with Gasteiger partial charge in [-0.2, -0.15) is 0 Å². The Bertz CT molecular complexity index is 1490. The van der Waals surface area contributed by atoms with Crippen molar-refractivity contribution in [1.82, 2.24) is 10.2 Å². The van der Waals surface area contributed by atoms with E-state index >= 15 is 0 Å². The molecule has 0 aliphatic rings. The fraction of sp³-hybridized carbons (Fsp3) is 0.125. The van der Waals surface area contributed by atoms with Crippen LogP contribution in [0.4, 0.5) is 10.8 Å². The highest BCUT2D eigenvalue weighted by atomic mass is 35.5. The Morgan fingerprint density at radius 1 is 0.944 bits per heavy atom. The number of rotatable bonds is 8. The van der Waals surface area contributed by atoms with Gasteiger partial charge in [0.25, 0.3) is 15.9 Å². The van der Waals surface area contributed by atoms with Crippen LogP contribution in [0.3, 0.4) is 0 Å². The first kappa shape index (κ1) is 25.4. The molecule has 1 N–H and O–H groups in total. The summed E-state index contributed by atoms with van der Waals surface area (Å²) in [6.07, 6.45) is 0. The van der Waals surface area contributed by atoms with Crippen LogP contribution in [0.15, 0.2) is 71.6 Å². The molecule has 186 valence electrons. The van der Waals surface area contributed by atoms with Crippen molar-refractivity contribution < 1.29 is 22.7 Å². The number of carbonyl (C=O) groups excluding carboxylic acids is 1. The molecule has 0 radical (unpaired) electrons. The molecular weight excluding hydrogens is 524 g/mol. The lowest BCUT2D eigenvalue weighted by Gasteiger charge is -2.20. The van der Waals surface area contributed by atoms with Crippen molar-refractivity contribution in [1.29, 1.82) is 0 Å². The second-order valence-electron chi connectivity index (χ2n) is 7.41. The number of aromatic nitrogens is 2. The maximum absolute atomic E-state index is 13.1. The van der Waals surface area contributed by atoms with Crippen LogP contribution in [-0.4, -0.2) is 45.8 Å². The van der Waals surface area contributed by atoms with Crippen LogP contribution in [0.25, 0.3) is 10.6 Å². The van der Waals surface area contributed by atoms with E-state index in [0.717, 1.165) is 9.87 Å². The van der Waals surface area contributed by atoms with Gasteiger partial charge in [0.2, 0.25) is 5.13 Å². The lowest BCUT2D eigenvalue weighted by Crippen LogP contribution is -2.26. The van der Waals surface area contributed by atoms with Crippen LogP contribution in [0, 0.1) is 0 Å².